The fraction of sp³-hybridized carbons (Fsp3) is 0.737. The van der Waals surface area contributed by atoms with E-state index < -0.39 is 6.10 Å². The van der Waals surface area contributed by atoms with E-state index in [2.05, 4.69) is 5.32 Å². The summed E-state index contributed by atoms with van der Waals surface area (Å²) in [5.74, 6) is 3.70. The first kappa shape index (κ1) is 15.7. The zero-order chi connectivity index (χ0) is 17.0. The molecule has 2 N–H and O–H groups in total. The van der Waals surface area contributed by atoms with Gasteiger partial charge in [0.05, 0.1) is 25.5 Å². The molecule has 6 heteroatoms. The molecule has 25 heavy (non-hydrogen) atoms. The Morgan fingerprint density at radius 3 is 2.88 bits per heavy atom. The molecule has 3 aliphatic carbocycles. The zero-order valence-corrected chi connectivity index (χ0v) is 14.3. The number of nitrogens with zero attached hydrogens (tertiary/aromatic N) is 1. The summed E-state index contributed by atoms with van der Waals surface area (Å²) in [4.78, 5) is 14.7. The Morgan fingerprint density at radius 1 is 1.36 bits per heavy atom. The van der Waals surface area contributed by atoms with Gasteiger partial charge in [0.2, 0.25) is 0 Å². The van der Waals surface area contributed by atoms with Crippen molar-refractivity contribution in [1.82, 2.24) is 10.2 Å². The molecule has 2 heterocycles. The third kappa shape index (κ3) is 2.66. The molecule has 6 unspecified atom stereocenters. The van der Waals surface area contributed by atoms with Crippen LogP contribution in [0.2, 0.25) is 0 Å². The van der Waals surface area contributed by atoms with Crippen LogP contribution in [0.15, 0.2) is 22.8 Å². The van der Waals surface area contributed by atoms with Crippen LogP contribution < -0.4 is 5.32 Å². The fourth-order valence-electron chi connectivity index (χ4n) is 5.72. The molecule has 4 aliphatic rings. The molecule has 2 amide bonds. The van der Waals surface area contributed by atoms with E-state index in [1.165, 1.54) is 19.3 Å². The van der Waals surface area contributed by atoms with Crippen molar-refractivity contribution in [2.24, 2.45) is 23.7 Å². The summed E-state index contributed by atoms with van der Waals surface area (Å²) < 4.78 is 10.8. The molecule has 136 valence electrons. The van der Waals surface area contributed by atoms with Gasteiger partial charge in [0, 0.05) is 19.0 Å². The number of aliphatic hydroxyl groups excluding tert-OH is 1. The van der Waals surface area contributed by atoms with Crippen LogP contribution in [0.25, 0.3) is 0 Å². The lowest BCUT2D eigenvalue weighted by molar-refractivity contribution is -0.00991. The maximum Gasteiger partial charge on any atom is 0.318 e. The average molecular weight is 346 g/mol. The van der Waals surface area contributed by atoms with E-state index in [0.29, 0.717) is 38.0 Å². The van der Waals surface area contributed by atoms with E-state index in [1.54, 1.807) is 18.4 Å². The quantitative estimate of drug-likeness (QED) is 0.876. The number of carbonyl (C=O) groups excluding carboxylic acids is 1. The second kappa shape index (κ2) is 6.02. The lowest BCUT2D eigenvalue weighted by Crippen LogP contribution is -2.53. The van der Waals surface area contributed by atoms with E-state index in [-0.39, 0.29) is 12.1 Å². The number of fused-ring (bicyclic) bond motifs is 5. The summed E-state index contributed by atoms with van der Waals surface area (Å²) in [5.41, 5.74) is 0. The van der Waals surface area contributed by atoms with Crippen LogP contribution >= 0.6 is 0 Å². The highest BCUT2D eigenvalue weighted by Crippen LogP contribution is 2.65. The first-order chi connectivity index (χ1) is 12.2. The maximum atomic E-state index is 12.8. The van der Waals surface area contributed by atoms with Gasteiger partial charge in [0.15, 0.2) is 0 Å². The van der Waals surface area contributed by atoms with E-state index in [4.69, 9.17) is 9.15 Å². The van der Waals surface area contributed by atoms with Gasteiger partial charge in [-0.3, -0.25) is 0 Å². The van der Waals surface area contributed by atoms with E-state index >= 15 is 0 Å². The molecule has 0 aromatic carbocycles. The molecule has 3 saturated carbocycles. The minimum atomic E-state index is -0.715. The summed E-state index contributed by atoms with van der Waals surface area (Å²) in [5, 5.41) is 13.6. The van der Waals surface area contributed by atoms with Crippen LogP contribution in [0.5, 0.6) is 0 Å². The Bertz CT molecular complexity index is 617. The number of ether oxygens (including phenoxy) is 1. The fourth-order valence-corrected chi connectivity index (χ4v) is 5.72. The Hall–Kier alpha value is -1.53. The molecule has 6 atom stereocenters. The molecule has 0 radical (unpaired) electrons. The van der Waals surface area contributed by atoms with Gasteiger partial charge in [0.25, 0.3) is 0 Å². The minimum Gasteiger partial charge on any atom is -0.467 e. The highest BCUT2D eigenvalue weighted by molar-refractivity contribution is 5.75. The van der Waals surface area contributed by atoms with Crippen molar-refractivity contribution in [3.05, 3.63) is 24.2 Å². The SMILES string of the molecule is O=C(NC1C2C3CCC(C3)C12)N1CCOCC1CC(O)c1ccco1. The van der Waals surface area contributed by atoms with Crippen molar-refractivity contribution in [1.29, 1.82) is 0 Å². The zero-order valence-electron chi connectivity index (χ0n) is 14.3. The minimum absolute atomic E-state index is 0.0127. The number of nitrogens with one attached hydrogen (secondary N) is 1. The number of morpholine rings is 1. The van der Waals surface area contributed by atoms with Gasteiger partial charge >= 0.3 is 6.03 Å². The number of urea groups is 1. The van der Waals surface area contributed by atoms with Gasteiger partial charge in [-0.25, -0.2) is 4.79 Å². The van der Waals surface area contributed by atoms with E-state index in [1.807, 2.05) is 4.90 Å². The van der Waals surface area contributed by atoms with Crippen molar-refractivity contribution in [3.8, 4) is 0 Å². The number of amides is 2. The molecule has 0 spiro atoms. The Labute approximate surface area is 147 Å². The van der Waals surface area contributed by atoms with Crippen molar-refractivity contribution in [2.75, 3.05) is 19.8 Å². The van der Waals surface area contributed by atoms with Crippen molar-refractivity contribution >= 4 is 6.03 Å². The van der Waals surface area contributed by atoms with Crippen LogP contribution in [0.4, 0.5) is 4.79 Å². The molecule has 1 aromatic rings. The van der Waals surface area contributed by atoms with Crippen molar-refractivity contribution in [2.45, 2.75) is 43.9 Å². The second-order valence-corrected chi connectivity index (χ2v) is 8.15. The second-order valence-electron chi connectivity index (χ2n) is 8.15. The number of aliphatic hydroxyl groups is 1. The smallest absolute Gasteiger partial charge is 0.318 e. The van der Waals surface area contributed by atoms with E-state index in [0.717, 1.165) is 23.7 Å². The number of hydrogen-bond donors (Lipinski definition) is 2. The number of rotatable bonds is 4. The van der Waals surface area contributed by atoms with Crippen LogP contribution in [-0.4, -0.2) is 47.9 Å². The lowest BCUT2D eigenvalue weighted by atomic mass is 10.0. The van der Waals surface area contributed by atoms with Gasteiger partial charge in [-0.1, -0.05) is 0 Å². The van der Waals surface area contributed by atoms with Gasteiger partial charge in [-0.2, -0.15) is 0 Å². The highest BCUT2D eigenvalue weighted by atomic mass is 16.5. The summed E-state index contributed by atoms with van der Waals surface area (Å²) in [7, 11) is 0. The first-order valence-corrected chi connectivity index (χ1v) is 9.58. The summed E-state index contributed by atoms with van der Waals surface area (Å²) >= 11 is 0. The summed E-state index contributed by atoms with van der Waals surface area (Å²) in [6.45, 7) is 1.60. The molecule has 2 bridgehead atoms. The largest absolute Gasteiger partial charge is 0.467 e. The van der Waals surface area contributed by atoms with Gasteiger partial charge in [-0.05, 0) is 55.1 Å². The summed E-state index contributed by atoms with van der Waals surface area (Å²) in [6.07, 6.45) is 5.37. The third-order valence-corrected chi connectivity index (χ3v) is 6.88. The van der Waals surface area contributed by atoms with Crippen LogP contribution in [0.3, 0.4) is 0 Å². The average Bonchev–Trinajstić information content (AvgIpc) is 3.09. The first-order valence-electron chi connectivity index (χ1n) is 9.58. The Morgan fingerprint density at radius 2 is 2.16 bits per heavy atom. The van der Waals surface area contributed by atoms with Crippen LogP contribution in [0, 0.1) is 23.7 Å². The lowest BCUT2D eigenvalue weighted by Gasteiger charge is -2.36. The molecule has 1 aliphatic heterocycles. The van der Waals surface area contributed by atoms with Crippen LogP contribution in [-0.2, 0) is 4.74 Å². The molecule has 1 saturated heterocycles. The number of hydrogen-bond acceptors (Lipinski definition) is 4. The van der Waals surface area contributed by atoms with Crippen molar-refractivity contribution in [3.63, 3.8) is 0 Å². The number of furan rings is 1. The molecule has 6 nitrogen and oxygen atoms in total. The Balaban J connectivity index is 1.21. The Kier molecular flexibility index (Phi) is 3.78. The molecule has 4 fully saturated rings. The van der Waals surface area contributed by atoms with Gasteiger partial charge in [0.1, 0.15) is 11.9 Å². The predicted octanol–water partition coefficient (Wildman–Crippen LogP) is 2.16. The monoisotopic (exact) mass is 346 g/mol. The molecule has 1 aromatic heterocycles. The molecular weight excluding hydrogens is 320 g/mol. The van der Waals surface area contributed by atoms with Gasteiger partial charge in [-0.15, -0.1) is 0 Å². The van der Waals surface area contributed by atoms with Crippen molar-refractivity contribution < 1.29 is 19.1 Å². The molecular formula is C19H26N2O4. The van der Waals surface area contributed by atoms with E-state index in [9.17, 15) is 9.90 Å². The van der Waals surface area contributed by atoms with Crippen LogP contribution in [0.1, 0.15) is 37.5 Å². The number of carbonyl (C=O) groups is 1. The predicted molar refractivity (Wildman–Crippen MR) is 89.7 cm³/mol. The highest BCUT2D eigenvalue weighted by Gasteiger charge is 2.65. The normalized spacial score (nSPS) is 40.0. The van der Waals surface area contributed by atoms with Gasteiger partial charge < -0.3 is 24.5 Å². The maximum absolute atomic E-state index is 12.8. The third-order valence-electron chi connectivity index (χ3n) is 6.88. The topological polar surface area (TPSA) is 74.9 Å². The summed E-state index contributed by atoms with van der Waals surface area (Å²) in [6, 6.07) is 3.81. The molecule has 5 rings (SSSR count). The standard InChI is InChI=1S/C19H26N2O4/c22-14(15-2-1-6-25-15)9-13-10-24-7-5-21(13)19(23)20-18-16-11-3-4-12(8-11)17(16)18/h1-2,6,11-14,16-18,22H,3-5,7-10H2,(H,20,23).